The minimum atomic E-state index is -0.132. The number of anilines is 1. The van der Waals surface area contributed by atoms with Gasteiger partial charge in [-0.25, -0.2) is 0 Å². The van der Waals surface area contributed by atoms with Crippen molar-refractivity contribution in [3.8, 4) is 5.75 Å². The van der Waals surface area contributed by atoms with Gasteiger partial charge in [-0.1, -0.05) is 6.07 Å². The summed E-state index contributed by atoms with van der Waals surface area (Å²) in [6, 6.07) is 5.68. The first kappa shape index (κ1) is 21.5. The van der Waals surface area contributed by atoms with Gasteiger partial charge in [0, 0.05) is 33.7 Å². The van der Waals surface area contributed by atoms with Crippen LogP contribution < -0.4 is 20.7 Å². The highest BCUT2D eigenvalue weighted by atomic mass is 127. The third kappa shape index (κ3) is 7.07. The number of benzene rings is 1. The fraction of sp³-hybridized carbons (Fsp3) is 0.529. The summed E-state index contributed by atoms with van der Waals surface area (Å²) in [7, 11) is 3.32. The van der Waals surface area contributed by atoms with Gasteiger partial charge in [0.2, 0.25) is 5.91 Å². The third-order valence-electron chi connectivity index (χ3n) is 3.78. The molecule has 0 aliphatic carbocycles. The van der Waals surface area contributed by atoms with Crippen LogP contribution in [-0.2, 0) is 16.1 Å². The van der Waals surface area contributed by atoms with Gasteiger partial charge in [0.1, 0.15) is 5.75 Å². The van der Waals surface area contributed by atoms with Crippen molar-refractivity contribution in [1.82, 2.24) is 10.6 Å². The summed E-state index contributed by atoms with van der Waals surface area (Å²) in [5, 5.41) is 9.30. The molecular formula is C17H27IN4O3. The van der Waals surface area contributed by atoms with E-state index in [-0.39, 0.29) is 36.0 Å². The summed E-state index contributed by atoms with van der Waals surface area (Å²) < 4.78 is 10.8. The first-order valence-corrected chi connectivity index (χ1v) is 8.13. The van der Waals surface area contributed by atoms with Crippen molar-refractivity contribution in [2.24, 2.45) is 4.99 Å². The zero-order valence-corrected chi connectivity index (χ0v) is 17.3. The smallest absolute Gasteiger partial charge is 0.221 e. The molecule has 8 heteroatoms. The predicted octanol–water partition coefficient (Wildman–Crippen LogP) is 2.12. The number of carbonyl (C=O) groups is 1. The normalized spacial score (nSPS) is 16.8. The van der Waals surface area contributed by atoms with Crippen LogP contribution in [-0.4, -0.2) is 45.3 Å². The summed E-state index contributed by atoms with van der Waals surface area (Å²) in [5.74, 6) is 1.23. The fourth-order valence-corrected chi connectivity index (χ4v) is 2.57. The van der Waals surface area contributed by atoms with E-state index in [1.165, 1.54) is 6.92 Å². The van der Waals surface area contributed by atoms with Crippen LogP contribution in [0.15, 0.2) is 23.2 Å². The minimum Gasteiger partial charge on any atom is -0.495 e. The molecule has 1 aliphatic heterocycles. The van der Waals surface area contributed by atoms with Crippen LogP contribution in [0.3, 0.4) is 0 Å². The number of halogens is 1. The highest BCUT2D eigenvalue weighted by Crippen LogP contribution is 2.25. The molecule has 2 rings (SSSR count). The van der Waals surface area contributed by atoms with Gasteiger partial charge in [-0.05, 0) is 30.5 Å². The number of carbonyl (C=O) groups excluding carboxylic acids is 1. The zero-order chi connectivity index (χ0) is 17.4. The van der Waals surface area contributed by atoms with Crippen LogP contribution in [0.2, 0.25) is 0 Å². The number of guanidine groups is 1. The van der Waals surface area contributed by atoms with Crippen LogP contribution in [0.5, 0.6) is 5.75 Å². The van der Waals surface area contributed by atoms with Crippen LogP contribution in [0.4, 0.5) is 5.69 Å². The van der Waals surface area contributed by atoms with Crippen molar-refractivity contribution in [2.75, 3.05) is 32.6 Å². The standard InChI is InChI=1S/C17H26N4O3.HI/c1-12(22)21-15-9-13(6-7-16(15)23-3)10-19-17(18-2)20-11-14-5-4-8-24-14;/h6-7,9,14H,4-5,8,10-11H2,1-3H3,(H,21,22)(H2,18,19,20);1H. The Labute approximate surface area is 166 Å². The SMILES string of the molecule is CN=C(NCc1ccc(OC)c(NC(C)=O)c1)NCC1CCCO1.I. The lowest BCUT2D eigenvalue weighted by Gasteiger charge is -2.16. The third-order valence-corrected chi connectivity index (χ3v) is 3.78. The maximum absolute atomic E-state index is 11.3. The average molecular weight is 462 g/mol. The van der Waals surface area contributed by atoms with E-state index in [0.29, 0.717) is 18.0 Å². The molecule has 1 aliphatic rings. The maximum Gasteiger partial charge on any atom is 0.221 e. The number of nitrogens with zero attached hydrogens (tertiary/aromatic N) is 1. The van der Waals surface area contributed by atoms with Gasteiger partial charge < -0.3 is 25.4 Å². The second-order valence-corrected chi connectivity index (χ2v) is 5.66. The van der Waals surface area contributed by atoms with Gasteiger partial charge in [-0.15, -0.1) is 24.0 Å². The second-order valence-electron chi connectivity index (χ2n) is 5.66. The first-order valence-electron chi connectivity index (χ1n) is 8.13. The minimum absolute atomic E-state index is 0. The predicted molar refractivity (Wildman–Crippen MR) is 110 cm³/mol. The molecule has 0 radical (unpaired) electrons. The van der Waals surface area contributed by atoms with Crippen molar-refractivity contribution in [1.29, 1.82) is 0 Å². The lowest BCUT2D eigenvalue weighted by Crippen LogP contribution is -2.40. The van der Waals surface area contributed by atoms with Gasteiger partial charge in [-0.2, -0.15) is 0 Å². The lowest BCUT2D eigenvalue weighted by molar-refractivity contribution is -0.114. The van der Waals surface area contributed by atoms with Gasteiger partial charge >= 0.3 is 0 Å². The molecule has 1 aromatic rings. The van der Waals surface area contributed by atoms with E-state index >= 15 is 0 Å². The fourth-order valence-electron chi connectivity index (χ4n) is 2.57. The van der Waals surface area contributed by atoms with E-state index in [4.69, 9.17) is 9.47 Å². The molecular weight excluding hydrogens is 435 g/mol. The number of aliphatic imine (C=N–C) groups is 1. The molecule has 0 bridgehead atoms. The molecule has 1 fully saturated rings. The monoisotopic (exact) mass is 462 g/mol. The quantitative estimate of drug-likeness (QED) is 0.343. The molecule has 3 N–H and O–H groups in total. The maximum atomic E-state index is 11.3. The average Bonchev–Trinajstić information content (AvgIpc) is 3.08. The Balaban J connectivity index is 0.00000312. The van der Waals surface area contributed by atoms with E-state index in [2.05, 4.69) is 20.9 Å². The van der Waals surface area contributed by atoms with Crippen LogP contribution >= 0.6 is 24.0 Å². The van der Waals surface area contributed by atoms with Crippen LogP contribution in [0, 0.1) is 0 Å². The van der Waals surface area contributed by atoms with Gasteiger partial charge in [-0.3, -0.25) is 9.79 Å². The summed E-state index contributed by atoms with van der Waals surface area (Å²) in [4.78, 5) is 15.5. The largest absolute Gasteiger partial charge is 0.495 e. The number of hydrogen-bond donors (Lipinski definition) is 3. The number of nitrogens with one attached hydrogen (secondary N) is 3. The molecule has 1 atom stereocenters. The molecule has 1 aromatic carbocycles. The topological polar surface area (TPSA) is 84.0 Å². The van der Waals surface area contributed by atoms with E-state index in [1.54, 1.807) is 14.2 Å². The lowest BCUT2D eigenvalue weighted by atomic mass is 10.2. The van der Waals surface area contributed by atoms with Gasteiger partial charge in [0.25, 0.3) is 0 Å². The molecule has 140 valence electrons. The Kier molecular flexibility index (Phi) is 9.58. The highest BCUT2D eigenvalue weighted by Gasteiger charge is 2.15. The summed E-state index contributed by atoms with van der Waals surface area (Å²) in [6.45, 7) is 3.65. The van der Waals surface area contributed by atoms with E-state index in [1.807, 2.05) is 18.2 Å². The zero-order valence-electron chi connectivity index (χ0n) is 14.9. The molecule has 1 unspecified atom stereocenters. The molecule has 25 heavy (non-hydrogen) atoms. The molecule has 1 heterocycles. The Hall–Kier alpha value is -1.55. The summed E-state index contributed by atoms with van der Waals surface area (Å²) in [6.07, 6.45) is 2.47. The van der Waals surface area contributed by atoms with Crippen LogP contribution in [0.25, 0.3) is 0 Å². The molecule has 7 nitrogen and oxygen atoms in total. The molecule has 0 spiro atoms. The Bertz CT molecular complexity index is 589. The van der Waals surface area contributed by atoms with Crippen molar-refractivity contribution in [3.63, 3.8) is 0 Å². The van der Waals surface area contributed by atoms with E-state index < -0.39 is 0 Å². The number of rotatable bonds is 6. The van der Waals surface area contributed by atoms with Gasteiger partial charge in [0.15, 0.2) is 5.96 Å². The Morgan fingerprint density at radius 3 is 2.80 bits per heavy atom. The highest BCUT2D eigenvalue weighted by molar-refractivity contribution is 14.0. The first-order chi connectivity index (χ1) is 11.6. The van der Waals surface area contributed by atoms with Crippen molar-refractivity contribution < 1.29 is 14.3 Å². The van der Waals surface area contributed by atoms with E-state index in [0.717, 1.165) is 37.5 Å². The number of amides is 1. The number of hydrogen-bond acceptors (Lipinski definition) is 4. The molecule has 0 aromatic heterocycles. The molecule has 1 amide bonds. The summed E-state index contributed by atoms with van der Waals surface area (Å²) >= 11 is 0. The Morgan fingerprint density at radius 2 is 2.20 bits per heavy atom. The molecule has 1 saturated heterocycles. The van der Waals surface area contributed by atoms with Crippen LogP contribution in [0.1, 0.15) is 25.3 Å². The molecule has 0 saturated carbocycles. The van der Waals surface area contributed by atoms with Gasteiger partial charge in [0.05, 0.1) is 18.9 Å². The van der Waals surface area contributed by atoms with E-state index in [9.17, 15) is 4.79 Å². The number of ether oxygens (including phenoxy) is 2. The number of methoxy groups -OCH3 is 1. The van der Waals surface area contributed by atoms with Crippen molar-refractivity contribution in [3.05, 3.63) is 23.8 Å². The van der Waals surface area contributed by atoms with Crippen molar-refractivity contribution >= 4 is 41.5 Å². The van der Waals surface area contributed by atoms with Crippen molar-refractivity contribution in [2.45, 2.75) is 32.4 Å². The summed E-state index contributed by atoms with van der Waals surface area (Å²) in [5.41, 5.74) is 1.67. The Morgan fingerprint density at radius 1 is 1.40 bits per heavy atom. The second kappa shape index (κ2) is 11.1.